The molecule has 8 heteroatoms. The molecule has 1 atom stereocenters. The van der Waals surface area contributed by atoms with Gasteiger partial charge >= 0.3 is 0 Å². The minimum Gasteiger partial charge on any atom is -0.366 e. The summed E-state index contributed by atoms with van der Waals surface area (Å²) in [5.74, 6) is 0.818. The van der Waals surface area contributed by atoms with Crippen LogP contribution in [0.4, 0.5) is 5.82 Å². The maximum atomic E-state index is 13.3. The van der Waals surface area contributed by atoms with Crippen LogP contribution in [0.15, 0.2) is 30.6 Å². The summed E-state index contributed by atoms with van der Waals surface area (Å²) in [5, 5.41) is 7.13. The number of nitrogens with zero attached hydrogens (tertiary/aromatic N) is 4. The lowest BCUT2D eigenvalue weighted by atomic mass is 9.87. The summed E-state index contributed by atoms with van der Waals surface area (Å²) >= 11 is 0. The van der Waals surface area contributed by atoms with Gasteiger partial charge in [0.05, 0.1) is 0 Å². The van der Waals surface area contributed by atoms with Crippen molar-refractivity contribution in [3.63, 3.8) is 0 Å². The van der Waals surface area contributed by atoms with Gasteiger partial charge in [-0.3, -0.25) is 9.59 Å². The maximum absolute atomic E-state index is 13.3. The lowest BCUT2D eigenvalue weighted by molar-refractivity contribution is -0.130. The van der Waals surface area contributed by atoms with Crippen LogP contribution in [0.2, 0.25) is 0 Å². The first-order valence-electron chi connectivity index (χ1n) is 13.6. The molecule has 1 aromatic carbocycles. The number of aromatic nitrogens is 2. The number of hydrogen-bond acceptors (Lipinski definition) is 6. The zero-order valence-corrected chi connectivity index (χ0v) is 23.0. The van der Waals surface area contributed by atoms with E-state index in [-0.39, 0.29) is 17.2 Å². The van der Waals surface area contributed by atoms with E-state index >= 15 is 0 Å². The molecule has 8 nitrogen and oxygen atoms in total. The molecule has 2 aromatic rings. The van der Waals surface area contributed by atoms with Gasteiger partial charge in [-0.05, 0) is 49.1 Å². The number of likely N-dealkylation sites (tertiary alicyclic amines) is 2. The molecular formula is C29H42N6O2. The Morgan fingerprint density at radius 1 is 0.973 bits per heavy atom. The molecule has 2 amide bonds. The van der Waals surface area contributed by atoms with Crippen LogP contribution in [0.3, 0.4) is 0 Å². The summed E-state index contributed by atoms with van der Waals surface area (Å²) < 4.78 is 0. The number of anilines is 1. The Kier molecular flexibility index (Phi) is 8.47. The van der Waals surface area contributed by atoms with E-state index in [4.69, 9.17) is 0 Å². The second-order valence-electron chi connectivity index (χ2n) is 11.5. The molecule has 4 rings (SSSR count). The largest absolute Gasteiger partial charge is 0.366 e. The molecule has 2 aliphatic rings. The summed E-state index contributed by atoms with van der Waals surface area (Å²) in [5.41, 5.74) is 3.85. The Morgan fingerprint density at radius 3 is 2.32 bits per heavy atom. The van der Waals surface area contributed by atoms with Crippen molar-refractivity contribution in [1.29, 1.82) is 0 Å². The standard InChI is InChI=1S/C29H42N6O2/c1-20-26(31-19-32-27(20)30-17-22-8-10-23(11-9-22)29(3,4)5)28(37)34-15-12-24(13-16-34)33-25-7-6-14-35(18-25)21(2)36/h8-11,19,24-25,33H,6-7,12-18H2,1-5H3,(H,30,31,32). The van der Waals surface area contributed by atoms with E-state index in [1.165, 1.54) is 11.9 Å². The van der Waals surface area contributed by atoms with Gasteiger partial charge in [0, 0.05) is 57.3 Å². The fourth-order valence-corrected chi connectivity index (χ4v) is 5.28. The highest BCUT2D eigenvalue weighted by molar-refractivity contribution is 5.94. The van der Waals surface area contributed by atoms with Crippen molar-refractivity contribution in [1.82, 2.24) is 25.1 Å². The molecule has 0 bridgehead atoms. The molecule has 2 saturated heterocycles. The number of amides is 2. The van der Waals surface area contributed by atoms with Crippen LogP contribution < -0.4 is 10.6 Å². The zero-order chi connectivity index (χ0) is 26.6. The van der Waals surface area contributed by atoms with Crippen LogP contribution in [0.5, 0.6) is 0 Å². The second kappa shape index (κ2) is 11.6. The molecule has 0 aliphatic carbocycles. The van der Waals surface area contributed by atoms with E-state index < -0.39 is 0 Å². The number of hydrogen-bond donors (Lipinski definition) is 2. The highest BCUT2D eigenvalue weighted by atomic mass is 16.2. The van der Waals surface area contributed by atoms with Gasteiger partial charge in [0.15, 0.2) is 0 Å². The Labute approximate surface area is 221 Å². The van der Waals surface area contributed by atoms with E-state index in [1.807, 2.05) is 16.7 Å². The zero-order valence-electron chi connectivity index (χ0n) is 23.0. The Balaban J connectivity index is 1.31. The highest BCUT2D eigenvalue weighted by Crippen LogP contribution is 2.23. The molecular weight excluding hydrogens is 464 g/mol. The number of carbonyl (C=O) groups is 2. The van der Waals surface area contributed by atoms with E-state index in [9.17, 15) is 9.59 Å². The third kappa shape index (κ3) is 6.86. The summed E-state index contributed by atoms with van der Waals surface area (Å²) in [7, 11) is 0. The molecule has 1 unspecified atom stereocenters. The summed E-state index contributed by atoms with van der Waals surface area (Å²) in [4.78, 5) is 37.7. The van der Waals surface area contributed by atoms with Crippen LogP contribution in [-0.4, -0.2) is 69.8 Å². The second-order valence-corrected chi connectivity index (χ2v) is 11.5. The van der Waals surface area contributed by atoms with Crippen LogP contribution in [0.1, 0.15) is 80.6 Å². The summed E-state index contributed by atoms with van der Waals surface area (Å²) in [6.07, 6.45) is 5.42. The first-order valence-corrected chi connectivity index (χ1v) is 13.6. The van der Waals surface area contributed by atoms with Crippen LogP contribution in [0, 0.1) is 6.92 Å². The predicted octanol–water partition coefficient (Wildman–Crippen LogP) is 3.90. The lowest BCUT2D eigenvalue weighted by Crippen LogP contribution is -2.53. The Morgan fingerprint density at radius 2 is 1.68 bits per heavy atom. The number of nitrogens with one attached hydrogen (secondary N) is 2. The van der Waals surface area contributed by atoms with E-state index in [2.05, 4.69) is 65.6 Å². The van der Waals surface area contributed by atoms with Gasteiger partial charge in [0.2, 0.25) is 5.91 Å². The van der Waals surface area contributed by atoms with Crippen LogP contribution in [-0.2, 0) is 16.8 Å². The Bertz CT molecular complexity index is 1090. The smallest absolute Gasteiger partial charge is 0.272 e. The topological polar surface area (TPSA) is 90.5 Å². The average molecular weight is 507 g/mol. The third-order valence-electron chi connectivity index (χ3n) is 7.69. The molecule has 2 N–H and O–H groups in total. The van der Waals surface area contributed by atoms with Crippen LogP contribution >= 0.6 is 0 Å². The van der Waals surface area contributed by atoms with Gasteiger partial charge < -0.3 is 20.4 Å². The predicted molar refractivity (Wildman–Crippen MR) is 147 cm³/mol. The van der Waals surface area contributed by atoms with Gasteiger partial charge in [-0.1, -0.05) is 45.0 Å². The fourth-order valence-electron chi connectivity index (χ4n) is 5.28. The summed E-state index contributed by atoms with van der Waals surface area (Å²) in [6.45, 7) is 13.9. The normalized spacial score (nSPS) is 19.1. The molecule has 2 aliphatic heterocycles. The van der Waals surface area contributed by atoms with Crippen molar-refractivity contribution in [2.75, 3.05) is 31.5 Å². The quantitative estimate of drug-likeness (QED) is 0.618. The van der Waals surface area contributed by atoms with Gasteiger partial charge in [0.1, 0.15) is 17.8 Å². The van der Waals surface area contributed by atoms with Crippen molar-refractivity contribution in [2.45, 2.75) is 84.3 Å². The van der Waals surface area contributed by atoms with Gasteiger partial charge in [-0.25, -0.2) is 9.97 Å². The molecule has 200 valence electrons. The van der Waals surface area contributed by atoms with E-state index in [1.54, 1.807) is 6.92 Å². The molecule has 0 radical (unpaired) electrons. The number of rotatable bonds is 6. The molecule has 3 heterocycles. The Hall–Kier alpha value is -3.00. The minimum atomic E-state index is -0.0312. The monoisotopic (exact) mass is 506 g/mol. The molecule has 2 fully saturated rings. The molecule has 1 aromatic heterocycles. The average Bonchev–Trinajstić information content (AvgIpc) is 2.88. The van der Waals surface area contributed by atoms with Crippen molar-refractivity contribution < 1.29 is 9.59 Å². The molecule has 37 heavy (non-hydrogen) atoms. The minimum absolute atomic E-state index is 0.0312. The highest BCUT2D eigenvalue weighted by Gasteiger charge is 2.29. The molecule has 0 spiro atoms. The van der Waals surface area contributed by atoms with Gasteiger partial charge in [-0.15, -0.1) is 0 Å². The first kappa shape index (κ1) is 27.0. The summed E-state index contributed by atoms with van der Waals surface area (Å²) in [6, 6.07) is 9.33. The van der Waals surface area contributed by atoms with Crippen molar-refractivity contribution in [3.05, 3.63) is 53.0 Å². The van der Waals surface area contributed by atoms with Crippen LogP contribution in [0.25, 0.3) is 0 Å². The molecule has 0 saturated carbocycles. The van der Waals surface area contributed by atoms with Gasteiger partial charge in [0.25, 0.3) is 5.91 Å². The van der Waals surface area contributed by atoms with Gasteiger partial charge in [-0.2, -0.15) is 0 Å². The maximum Gasteiger partial charge on any atom is 0.272 e. The fraction of sp³-hybridized carbons (Fsp3) is 0.586. The number of benzene rings is 1. The number of piperidine rings is 2. The van der Waals surface area contributed by atoms with E-state index in [0.29, 0.717) is 43.2 Å². The van der Waals surface area contributed by atoms with E-state index in [0.717, 1.165) is 49.9 Å². The SMILES string of the molecule is CC(=O)N1CCCC(NC2CCN(C(=O)c3ncnc(NCc4ccc(C(C)(C)C)cc4)c3C)CC2)C1. The van der Waals surface area contributed by atoms with Crippen molar-refractivity contribution in [2.24, 2.45) is 0 Å². The first-order chi connectivity index (χ1) is 17.6. The van der Waals surface area contributed by atoms with Crippen molar-refractivity contribution in [3.8, 4) is 0 Å². The third-order valence-corrected chi connectivity index (χ3v) is 7.69. The number of carbonyl (C=O) groups excluding carboxylic acids is 2. The lowest BCUT2D eigenvalue weighted by Gasteiger charge is -2.38. The van der Waals surface area contributed by atoms with Crippen molar-refractivity contribution >= 4 is 17.6 Å².